The fourth-order valence-electron chi connectivity index (χ4n) is 1.89. The molecular weight excluding hydrogens is 238 g/mol. The van der Waals surface area contributed by atoms with E-state index in [2.05, 4.69) is 10.3 Å². The van der Waals surface area contributed by atoms with Crippen LogP contribution in [0.4, 0.5) is 5.69 Å². The SMILES string of the molecule is N#Cc1ncccc1NC(CO)Cc1ccccc1. The molecule has 0 aliphatic carbocycles. The lowest BCUT2D eigenvalue weighted by atomic mass is 10.1. The molecule has 0 saturated heterocycles. The van der Waals surface area contributed by atoms with Gasteiger partial charge in [-0.05, 0) is 24.1 Å². The first kappa shape index (κ1) is 13.1. The van der Waals surface area contributed by atoms with Crippen molar-refractivity contribution in [3.63, 3.8) is 0 Å². The van der Waals surface area contributed by atoms with E-state index in [9.17, 15) is 5.11 Å². The summed E-state index contributed by atoms with van der Waals surface area (Å²) in [5.41, 5.74) is 2.13. The predicted molar refractivity (Wildman–Crippen MR) is 73.6 cm³/mol. The molecule has 1 aromatic carbocycles. The molecule has 0 amide bonds. The first-order valence-corrected chi connectivity index (χ1v) is 6.10. The third kappa shape index (κ3) is 3.54. The van der Waals surface area contributed by atoms with Crippen molar-refractivity contribution in [2.24, 2.45) is 0 Å². The molecule has 1 aromatic heterocycles. The van der Waals surface area contributed by atoms with Crippen LogP contribution in [0.3, 0.4) is 0 Å². The van der Waals surface area contributed by atoms with Gasteiger partial charge >= 0.3 is 0 Å². The van der Waals surface area contributed by atoms with E-state index in [0.717, 1.165) is 5.56 Å². The fraction of sp³-hybridized carbons (Fsp3) is 0.200. The van der Waals surface area contributed by atoms with E-state index in [1.165, 1.54) is 0 Å². The third-order valence-electron chi connectivity index (χ3n) is 2.82. The van der Waals surface area contributed by atoms with Crippen LogP contribution in [-0.4, -0.2) is 22.7 Å². The summed E-state index contributed by atoms with van der Waals surface area (Å²) in [6, 6.07) is 15.4. The molecule has 4 heteroatoms. The van der Waals surface area contributed by atoms with Gasteiger partial charge in [-0.15, -0.1) is 0 Å². The second-order valence-electron chi connectivity index (χ2n) is 4.22. The zero-order valence-corrected chi connectivity index (χ0v) is 10.5. The van der Waals surface area contributed by atoms with Crippen LogP contribution in [0.1, 0.15) is 11.3 Å². The quantitative estimate of drug-likeness (QED) is 0.854. The Balaban J connectivity index is 2.09. The average molecular weight is 253 g/mol. The van der Waals surface area contributed by atoms with Crippen molar-refractivity contribution < 1.29 is 5.11 Å². The Labute approximate surface area is 112 Å². The minimum Gasteiger partial charge on any atom is -0.394 e. The number of pyridine rings is 1. The minimum absolute atomic E-state index is 0.00530. The highest BCUT2D eigenvalue weighted by Crippen LogP contribution is 2.14. The zero-order valence-electron chi connectivity index (χ0n) is 10.5. The van der Waals surface area contributed by atoms with Crippen LogP contribution in [0, 0.1) is 11.3 Å². The lowest BCUT2D eigenvalue weighted by Crippen LogP contribution is -2.26. The van der Waals surface area contributed by atoms with Gasteiger partial charge < -0.3 is 10.4 Å². The van der Waals surface area contributed by atoms with Gasteiger partial charge in [0.25, 0.3) is 0 Å². The Kier molecular flexibility index (Phi) is 4.49. The molecule has 0 saturated carbocycles. The standard InChI is InChI=1S/C15H15N3O/c16-10-15-14(7-4-8-17-15)18-13(11-19)9-12-5-2-1-3-6-12/h1-8,13,18-19H,9,11H2. The smallest absolute Gasteiger partial charge is 0.163 e. The molecule has 1 heterocycles. The summed E-state index contributed by atoms with van der Waals surface area (Å²) in [5.74, 6) is 0. The molecule has 2 aromatic rings. The third-order valence-corrected chi connectivity index (χ3v) is 2.82. The number of hydrogen-bond acceptors (Lipinski definition) is 4. The maximum Gasteiger partial charge on any atom is 0.163 e. The van der Waals surface area contributed by atoms with Crippen LogP contribution in [0.15, 0.2) is 48.7 Å². The summed E-state index contributed by atoms with van der Waals surface area (Å²) in [6.45, 7) is -0.00530. The summed E-state index contributed by atoms with van der Waals surface area (Å²) in [6.07, 6.45) is 2.27. The molecule has 1 atom stereocenters. The van der Waals surface area contributed by atoms with Gasteiger partial charge in [-0.3, -0.25) is 0 Å². The zero-order chi connectivity index (χ0) is 13.5. The van der Waals surface area contributed by atoms with Crippen molar-refractivity contribution in [2.75, 3.05) is 11.9 Å². The Bertz CT molecular complexity index is 563. The molecule has 4 nitrogen and oxygen atoms in total. The highest BCUT2D eigenvalue weighted by Gasteiger charge is 2.11. The number of benzene rings is 1. The van der Waals surface area contributed by atoms with E-state index in [1.807, 2.05) is 36.4 Å². The number of nitrogens with one attached hydrogen (secondary N) is 1. The Morgan fingerprint density at radius 3 is 2.68 bits per heavy atom. The van der Waals surface area contributed by atoms with E-state index in [0.29, 0.717) is 17.8 Å². The fourth-order valence-corrected chi connectivity index (χ4v) is 1.89. The molecular formula is C15H15N3O. The Morgan fingerprint density at radius 2 is 2.00 bits per heavy atom. The number of aromatic nitrogens is 1. The first-order valence-electron chi connectivity index (χ1n) is 6.10. The van der Waals surface area contributed by atoms with Crippen molar-refractivity contribution in [1.82, 2.24) is 4.98 Å². The van der Waals surface area contributed by atoms with E-state index >= 15 is 0 Å². The number of nitriles is 1. The van der Waals surface area contributed by atoms with Crippen LogP contribution in [0.25, 0.3) is 0 Å². The van der Waals surface area contributed by atoms with Crippen molar-refractivity contribution >= 4 is 5.69 Å². The summed E-state index contributed by atoms with van der Waals surface area (Å²) >= 11 is 0. The first-order chi connectivity index (χ1) is 9.33. The van der Waals surface area contributed by atoms with E-state index in [1.54, 1.807) is 18.3 Å². The summed E-state index contributed by atoms with van der Waals surface area (Å²) < 4.78 is 0. The molecule has 1 unspecified atom stereocenters. The summed E-state index contributed by atoms with van der Waals surface area (Å²) in [4.78, 5) is 3.99. The predicted octanol–water partition coefficient (Wildman–Crippen LogP) is 1.97. The lowest BCUT2D eigenvalue weighted by Gasteiger charge is -2.18. The summed E-state index contributed by atoms with van der Waals surface area (Å²) in [5, 5.41) is 21.6. The molecule has 0 bridgehead atoms. The summed E-state index contributed by atoms with van der Waals surface area (Å²) in [7, 11) is 0. The van der Waals surface area contributed by atoms with E-state index in [-0.39, 0.29) is 12.6 Å². The van der Waals surface area contributed by atoms with Crippen molar-refractivity contribution in [3.05, 3.63) is 59.9 Å². The van der Waals surface area contributed by atoms with Crippen LogP contribution in [0.2, 0.25) is 0 Å². The normalized spacial score (nSPS) is 11.6. The highest BCUT2D eigenvalue weighted by atomic mass is 16.3. The molecule has 0 aliphatic heterocycles. The molecule has 2 N–H and O–H groups in total. The molecule has 96 valence electrons. The number of rotatable bonds is 5. The van der Waals surface area contributed by atoms with Gasteiger partial charge in [-0.25, -0.2) is 4.98 Å². The molecule has 0 spiro atoms. The number of hydrogen-bond donors (Lipinski definition) is 2. The maximum atomic E-state index is 9.45. The number of aliphatic hydroxyl groups is 1. The molecule has 0 radical (unpaired) electrons. The topological polar surface area (TPSA) is 68.9 Å². The Hall–Kier alpha value is -2.38. The van der Waals surface area contributed by atoms with Gasteiger partial charge in [0.15, 0.2) is 5.69 Å². The van der Waals surface area contributed by atoms with Gasteiger partial charge in [-0.2, -0.15) is 5.26 Å². The lowest BCUT2D eigenvalue weighted by molar-refractivity contribution is 0.273. The Morgan fingerprint density at radius 1 is 1.21 bits per heavy atom. The van der Waals surface area contributed by atoms with Gasteiger partial charge in [0.1, 0.15) is 6.07 Å². The van der Waals surface area contributed by atoms with Gasteiger partial charge in [0.05, 0.1) is 18.3 Å². The number of nitrogens with zero attached hydrogens (tertiary/aromatic N) is 2. The van der Waals surface area contributed by atoms with Gasteiger partial charge in [-0.1, -0.05) is 30.3 Å². The second kappa shape index (κ2) is 6.53. The van der Waals surface area contributed by atoms with Crippen molar-refractivity contribution in [2.45, 2.75) is 12.5 Å². The molecule has 0 aliphatic rings. The van der Waals surface area contributed by atoms with Crippen molar-refractivity contribution in [1.29, 1.82) is 5.26 Å². The minimum atomic E-state index is -0.140. The monoisotopic (exact) mass is 253 g/mol. The van der Waals surface area contributed by atoms with Crippen LogP contribution in [-0.2, 0) is 6.42 Å². The maximum absolute atomic E-state index is 9.45. The van der Waals surface area contributed by atoms with Crippen LogP contribution < -0.4 is 5.32 Å². The second-order valence-corrected chi connectivity index (χ2v) is 4.22. The average Bonchev–Trinajstić information content (AvgIpc) is 2.48. The van der Waals surface area contributed by atoms with Crippen LogP contribution in [0.5, 0.6) is 0 Å². The van der Waals surface area contributed by atoms with Gasteiger partial charge in [0, 0.05) is 6.20 Å². The largest absolute Gasteiger partial charge is 0.394 e. The van der Waals surface area contributed by atoms with Crippen molar-refractivity contribution in [3.8, 4) is 6.07 Å². The number of anilines is 1. The van der Waals surface area contributed by atoms with E-state index in [4.69, 9.17) is 5.26 Å². The van der Waals surface area contributed by atoms with Crippen LogP contribution >= 0.6 is 0 Å². The van der Waals surface area contributed by atoms with E-state index < -0.39 is 0 Å². The molecule has 2 rings (SSSR count). The highest BCUT2D eigenvalue weighted by molar-refractivity contribution is 5.54. The molecule has 19 heavy (non-hydrogen) atoms. The van der Waals surface area contributed by atoms with Gasteiger partial charge in [0.2, 0.25) is 0 Å². The number of aliphatic hydroxyl groups excluding tert-OH is 1. The molecule has 0 fully saturated rings.